The third-order valence-electron chi connectivity index (χ3n) is 2.36. The van der Waals surface area contributed by atoms with Crippen LogP contribution in [0.5, 0.6) is 0 Å². The highest BCUT2D eigenvalue weighted by Crippen LogP contribution is 1.68. The predicted octanol–water partition coefficient (Wildman–Crippen LogP) is 1.58. The predicted molar refractivity (Wildman–Crippen MR) is 82.3 cm³/mol. The van der Waals surface area contributed by atoms with Crippen LogP contribution in [0.15, 0.2) is 60.7 Å². The van der Waals surface area contributed by atoms with Gasteiger partial charge in [-0.1, -0.05) is 87.0 Å². The maximum absolute atomic E-state index is 3.95. The van der Waals surface area contributed by atoms with Crippen molar-refractivity contribution in [3.63, 3.8) is 0 Å². The first-order valence-corrected chi connectivity index (χ1v) is 5.73. The summed E-state index contributed by atoms with van der Waals surface area (Å²) in [6, 6.07) is 19.3. The van der Waals surface area contributed by atoms with E-state index in [0.29, 0.717) is 0 Å². The van der Waals surface area contributed by atoms with E-state index in [9.17, 15) is 0 Å². The van der Waals surface area contributed by atoms with E-state index in [-0.39, 0.29) is 0 Å². The van der Waals surface area contributed by atoms with Crippen molar-refractivity contribution in [2.75, 3.05) is 0 Å². The fourth-order valence-corrected chi connectivity index (χ4v) is 1.24. The molecule has 90 valence electrons. The Hall–Kier alpha value is -2.34. The topological polar surface area (TPSA) is 0 Å². The Labute approximate surface area is 108 Å². The summed E-state index contributed by atoms with van der Waals surface area (Å²) in [6.45, 7) is 15.8. The van der Waals surface area contributed by atoms with E-state index >= 15 is 0 Å². The molecule has 0 heteroatoms. The second-order valence-electron chi connectivity index (χ2n) is 3.97. The summed E-state index contributed by atoms with van der Waals surface area (Å²) < 4.78 is 0. The van der Waals surface area contributed by atoms with E-state index in [4.69, 9.17) is 0 Å². The molecule has 0 bridgehead atoms. The SMILES string of the molecule is C=c1ccccc(=C)c(=C)ccccc(=C)cc1. The molecule has 0 radical (unpaired) electrons. The van der Waals surface area contributed by atoms with Crippen LogP contribution >= 0.6 is 0 Å². The highest BCUT2D eigenvalue weighted by atomic mass is 13.8. The minimum absolute atomic E-state index is 0.890. The quantitative estimate of drug-likeness (QED) is 0.639. The van der Waals surface area contributed by atoms with Gasteiger partial charge in [0, 0.05) is 0 Å². The van der Waals surface area contributed by atoms with Crippen molar-refractivity contribution in [2.45, 2.75) is 0 Å². The summed E-state index contributed by atoms with van der Waals surface area (Å²) in [4.78, 5) is 0. The minimum Gasteiger partial charge on any atom is -0.0918 e. The van der Waals surface area contributed by atoms with E-state index < -0.39 is 0 Å². The van der Waals surface area contributed by atoms with Gasteiger partial charge in [-0.05, 0) is 20.9 Å². The lowest BCUT2D eigenvalue weighted by molar-refractivity contribution is 1.57. The third-order valence-corrected chi connectivity index (χ3v) is 2.36. The molecule has 1 aromatic carbocycles. The Morgan fingerprint density at radius 2 is 0.778 bits per heavy atom. The summed E-state index contributed by atoms with van der Waals surface area (Å²) >= 11 is 0. The summed E-state index contributed by atoms with van der Waals surface area (Å²) in [7, 11) is 0. The molecule has 18 heavy (non-hydrogen) atoms. The van der Waals surface area contributed by atoms with Gasteiger partial charge in [0.1, 0.15) is 0 Å². The summed E-state index contributed by atoms with van der Waals surface area (Å²) in [5.41, 5.74) is 0. The Morgan fingerprint density at radius 3 is 1.17 bits per heavy atom. The summed E-state index contributed by atoms with van der Waals surface area (Å²) in [5, 5.41) is 3.63. The summed E-state index contributed by atoms with van der Waals surface area (Å²) in [6.07, 6.45) is 0. The van der Waals surface area contributed by atoms with Crippen LogP contribution in [-0.4, -0.2) is 0 Å². The molecule has 0 amide bonds. The van der Waals surface area contributed by atoms with Crippen molar-refractivity contribution in [3.8, 4) is 0 Å². The normalized spacial score (nSPS) is 8.89. The van der Waals surface area contributed by atoms with E-state index in [2.05, 4.69) is 26.3 Å². The molecule has 0 aliphatic heterocycles. The molecule has 0 aliphatic rings. The van der Waals surface area contributed by atoms with Crippen LogP contribution in [-0.2, 0) is 0 Å². The maximum atomic E-state index is 3.95. The van der Waals surface area contributed by atoms with Gasteiger partial charge in [-0.3, -0.25) is 0 Å². The van der Waals surface area contributed by atoms with Crippen LogP contribution in [0.4, 0.5) is 0 Å². The first kappa shape index (κ1) is 13.7. The van der Waals surface area contributed by atoms with Crippen molar-refractivity contribution in [1.82, 2.24) is 0 Å². The number of hydrogen-bond acceptors (Lipinski definition) is 0. The lowest BCUT2D eigenvalue weighted by Crippen LogP contribution is -2.17. The Morgan fingerprint density at radius 1 is 0.444 bits per heavy atom. The fourth-order valence-electron chi connectivity index (χ4n) is 1.24. The third kappa shape index (κ3) is 5.13. The molecule has 1 rings (SSSR count). The van der Waals surface area contributed by atoms with Crippen molar-refractivity contribution in [2.24, 2.45) is 0 Å². The first-order valence-electron chi connectivity index (χ1n) is 5.73. The molecule has 0 N–H and O–H groups in total. The van der Waals surface area contributed by atoms with Crippen LogP contribution in [0.1, 0.15) is 0 Å². The van der Waals surface area contributed by atoms with Crippen molar-refractivity contribution >= 4 is 26.3 Å². The number of rotatable bonds is 0. The monoisotopic (exact) mass is 234 g/mol. The molecular weight excluding hydrogens is 216 g/mol. The Balaban J connectivity index is 3.63. The molecule has 0 spiro atoms. The van der Waals surface area contributed by atoms with Crippen molar-refractivity contribution in [1.29, 1.82) is 0 Å². The molecule has 0 aromatic heterocycles. The van der Waals surface area contributed by atoms with Gasteiger partial charge in [0.05, 0.1) is 0 Å². The van der Waals surface area contributed by atoms with Gasteiger partial charge >= 0.3 is 0 Å². The average Bonchev–Trinajstić information content (AvgIpc) is 2.35. The largest absolute Gasteiger partial charge is 0.0918 e. The van der Waals surface area contributed by atoms with Crippen LogP contribution in [0.2, 0.25) is 0 Å². The van der Waals surface area contributed by atoms with E-state index in [1.165, 1.54) is 0 Å². The van der Waals surface area contributed by atoms with Gasteiger partial charge in [-0.25, -0.2) is 0 Å². The van der Waals surface area contributed by atoms with E-state index in [0.717, 1.165) is 20.9 Å². The van der Waals surface area contributed by atoms with E-state index in [1.54, 1.807) is 0 Å². The van der Waals surface area contributed by atoms with Gasteiger partial charge in [-0.15, -0.1) is 0 Å². The smallest absolute Gasteiger partial charge is 0.0262 e. The second-order valence-corrected chi connectivity index (χ2v) is 3.97. The molecule has 1 aromatic rings. The van der Waals surface area contributed by atoms with Crippen LogP contribution < -0.4 is 20.9 Å². The highest BCUT2D eigenvalue weighted by Gasteiger charge is 1.70. The van der Waals surface area contributed by atoms with Crippen molar-refractivity contribution < 1.29 is 0 Å². The second kappa shape index (κ2) is 7.08. The van der Waals surface area contributed by atoms with Crippen LogP contribution in [0, 0.1) is 0 Å². The molecule has 0 atom stereocenters. The fraction of sp³-hybridized carbons (Fsp3) is 0. The van der Waals surface area contributed by atoms with Crippen LogP contribution in [0.3, 0.4) is 0 Å². The van der Waals surface area contributed by atoms with Crippen LogP contribution in [0.25, 0.3) is 26.3 Å². The molecule has 0 heterocycles. The molecule has 0 saturated carbocycles. The van der Waals surface area contributed by atoms with Crippen molar-refractivity contribution in [3.05, 3.63) is 81.5 Å². The zero-order valence-electron chi connectivity index (χ0n) is 10.6. The lowest BCUT2D eigenvalue weighted by Gasteiger charge is -1.78. The van der Waals surface area contributed by atoms with Gasteiger partial charge in [0.25, 0.3) is 0 Å². The molecule has 0 aliphatic carbocycles. The highest BCUT2D eigenvalue weighted by molar-refractivity contribution is 5.14. The Bertz CT molecular complexity index is 648. The van der Waals surface area contributed by atoms with Gasteiger partial charge in [0.15, 0.2) is 0 Å². The zero-order valence-corrected chi connectivity index (χ0v) is 10.6. The zero-order chi connectivity index (χ0) is 13.4. The molecule has 0 fully saturated rings. The standard InChI is InChI=1S/C18H18/c1-15-9-5-7-11-17(3)18(4)12-8-6-10-16(2)14-13-15/h5-14H,1-4H2. The van der Waals surface area contributed by atoms with Gasteiger partial charge in [0.2, 0.25) is 0 Å². The lowest BCUT2D eigenvalue weighted by atomic mass is 10.3. The molecule has 0 nitrogen and oxygen atoms in total. The van der Waals surface area contributed by atoms with Gasteiger partial charge in [-0.2, -0.15) is 0 Å². The van der Waals surface area contributed by atoms with E-state index in [1.807, 2.05) is 60.7 Å². The summed E-state index contributed by atoms with van der Waals surface area (Å²) in [5.74, 6) is 0. The number of hydrogen-bond donors (Lipinski definition) is 0. The van der Waals surface area contributed by atoms with Gasteiger partial charge < -0.3 is 0 Å². The first-order chi connectivity index (χ1) is 8.59. The Kier molecular flexibility index (Phi) is 5.40. The molecule has 0 unspecified atom stereocenters. The molecule has 0 saturated heterocycles. The maximum Gasteiger partial charge on any atom is -0.0262 e. The minimum atomic E-state index is 0.890. The average molecular weight is 234 g/mol. The molecular formula is C18H18.